The molecule has 1 aliphatic heterocycles. The molecule has 3 aromatic rings. The molecule has 1 aliphatic rings. The first-order chi connectivity index (χ1) is 11.4. The average molecular weight is 379 g/mol. The van der Waals surface area contributed by atoms with Gasteiger partial charge in [-0.15, -0.1) is 35.1 Å². The number of pyridine rings is 1. The average Bonchev–Trinajstić information content (AvgIpc) is 3.27. The van der Waals surface area contributed by atoms with Crippen molar-refractivity contribution in [1.29, 1.82) is 0 Å². The summed E-state index contributed by atoms with van der Waals surface area (Å²) in [5.74, 6) is 0. The molecule has 1 unspecified atom stereocenters. The van der Waals surface area contributed by atoms with Crippen molar-refractivity contribution in [2.75, 3.05) is 19.6 Å². The van der Waals surface area contributed by atoms with Crippen LogP contribution in [0.3, 0.4) is 0 Å². The molecule has 4 nitrogen and oxygen atoms in total. The molecule has 24 heavy (non-hydrogen) atoms. The molecule has 1 saturated heterocycles. The molecule has 4 rings (SSSR count). The molecule has 0 bridgehead atoms. The van der Waals surface area contributed by atoms with Crippen LogP contribution in [0.5, 0.6) is 0 Å². The number of hydrogen-bond donors (Lipinski definition) is 1. The van der Waals surface area contributed by atoms with Gasteiger partial charge in [-0.1, -0.05) is 6.07 Å². The maximum absolute atomic E-state index is 4.83. The standard InChI is InChI=1S/C17H18N4S2.ClH/c1-2-16(22-9-1)17-20-14(12-23-17)11-21-8-7-19-10-15(21)13-3-5-18-6-4-13;/h1-6,9,12,15,19H,7-8,10-11H2;1H. The number of thiophene rings is 1. The van der Waals surface area contributed by atoms with E-state index >= 15 is 0 Å². The number of piperazine rings is 1. The topological polar surface area (TPSA) is 41.1 Å². The van der Waals surface area contributed by atoms with Crippen LogP contribution in [0, 0.1) is 0 Å². The summed E-state index contributed by atoms with van der Waals surface area (Å²) in [6.45, 7) is 3.95. The molecule has 0 aliphatic carbocycles. The highest BCUT2D eigenvalue weighted by molar-refractivity contribution is 7.20. The predicted molar refractivity (Wildman–Crippen MR) is 103 cm³/mol. The molecule has 1 atom stereocenters. The van der Waals surface area contributed by atoms with Gasteiger partial charge < -0.3 is 5.32 Å². The van der Waals surface area contributed by atoms with Crippen molar-refractivity contribution in [2.24, 2.45) is 0 Å². The third kappa shape index (κ3) is 3.84. The number of nitrogens with zero attached hydrogens (tertiary/aromatic N) is 3. The molecule has 4 heterocycles. The van der Waals surface area contributed by atoms with Gasteiger partial charge in [0.05, 0.1) is 10.6 Å². The van der Waals surface area contributed by atoms with Crippen molar-refractivity contribution in [3.8, 4) is 9.88 Å². The van der Waals surface area contributed by atoms with Crippen LogP contribution in [0.1, 0.15) is 17.3 Å². The fourth-order valence-corrected chi connectivity index (χ4v) is 4.58. The van der Waals surface area contributed by atoms with Crippen LogP contribution in [0.15, 0.2) is 47.4 Å². The summed E-state index contributed by atoms with van der Waals surface area (Å²) < 4.78 is 0. The van der Waals surface area contributed by atoms with E-state index in [9.17, 15) is 0 Å². The fourth-order valence-electron chi connectivity index (χ4n) is 2.95. The monoisotopic (exact) mass is 378 g/mol. The Balaban J connectivity index is 0.00000169. The Morgan fingerprint density at radius 2 is 2.08 bits per heavy atom. The van der Waals surface area contributed by atoms with E-state index in [1.54, 1.807) is 22.7 Å². The number of nitrogens with one attached hydrogen (secondary N) is 1. The normalized spacial score (nSPS) is 18.2. The zero-order chi connectivity index (χ0) is 15.5. The Kier molecular flexibility index (Phi) is 5.97. The van der Waals surface area contributed by atoms with Gasteiger partial charge in [0, 0.05) is 50.0 Å². The molecule has 1 fully saturated rings. The van der Waals surface area contributed by atoms with Crippen molar-refractivity contribution in [3.63, 3.8) is 0 Å². The highest BCUT2D eigenvalue weighted by Crippen LogP contribution is 2.29. The van der Waals surface area contributed by atoms with Crippen molar-refractivity contribution < 1.29 is 0 Å². The summed E-state index contributed by atoms with van der Waals surface area (Å²) >= 11 is 3.49. The van der Waals surface area contributed by atoms with Crippen molar-refractivity contribution in [1.82, 2.24) is 20.2 Å². The number of halogens is 1. The van der Waals surface area contributed by atoms with Gasteiger partial charge >= 0.3 is 0 Å². The molecule has 0 spiro atoms. The Morgan fingerprint density at radius 3 is 2.88 bits per heavy atom. The number of aromatic nitrogens is 2. The summed E-state index contributed by atoms with van der Waals surface area (Å²) in [4.78, 5) is 12.7. The molecular weight excluding hydrogens is 360 g/mol. The molecule has 3 aromatic heterocycles. The Hall–Kier alpha value is -1.31. The Morgan fingerprint density at radius 1 is 1.21 bits per heavy atom. The molecule has 0 saturated carbocycles. The van der Waals surface area contributed by atoms with E-state index in [1.807, 2.05) is 12.4 Å². The van der Waals surface area contributed by atoms with E-state index in [0.29, 0.717) is 6.04 Å². The van der Waals surface area contributed by atoms with Gasteiger partial charge in [-0.05, 0) is 29.1 Å². The second kappa shape index (κ2) is 8.18. The smallest absolute Gasteiger partial charge is 0.133 e. The van der Waals surface area contributed by atoms with Crippen LogP contribution in [0.25, 0.3) is 9.88 Å². The van der Waals surface area contributed by atoms with Gasteiger partial charge in [-0.2, -0.15) is 0 Å². The highest BCUT2D eigenvalue weighted by Gasteiger charge is 2.24. The molecule has 0 aromatic carbocycles. The van der Waals surface area contributed by atoms with E-state index in [0.717, 1.165) is 31.2 Å². The number of hydrogen-bond acceptors (Lipinski definition) is 6. The minimum Gasteiger partial charge on any atom is -0.314 e. The second-order valence-corrected chi connectivity index (χ2v) is 7.40. The first-order valence-electron chi connectivity index (χ1n) is 7.73. The zero-order valence-electron chi connectivity index (χ0n) is 13.1. The SMILES string of the molecule is Cl.c1csc(-c2nc(CN3CCNCC3c3ccncc3)cs2)c1. The molecular formula is C17H19ClN4S2. The van der Waals surface area contributed by atoms with E-state index < -0.39 is 0 Å². The molecule has 1 N–H and O–H groups in total. The predicted octanol–water partition coefficient (Wildman–Crippen LogP) is 3.83. The van der Waals surface area contributed by atoms with Gasteiger partial charge in [0.1, 0.15) is 5.01 Å². The highest BCUT2D eigenvalue weighted by atomic mass is 35.5. The number of rotatable bonds is 4. The summed E-state index contributed by atoms with van der Waals surface area (Å²) in [5.41, 5.74) is 2.49. The van der Waals surface area contributed by atoms with Gasteiger partial charge in [-0.3, -0.25) is 9.88 Å². The molecule has 7 heteroatoms. The summed E-state index contributed by atoms with van der Waals surface area (Å²) in [6, 6.07) is 8.83. The summed E-state index contributed by atoms with van der Waals surface area (Å²) in [6.07, 6.45) is 3.75. The maximum Gasteiger partial charge on any atom is 0.133 e. The first-order valence-corrected chi connectivity index (χ1v) is 9.49. The summed E-state index contributed by atoms with van der Waals surface area (Å²) in [5, 5.41) is 8.93. The molecule has 0 radical (unpaired) electrons. The lowest BCUT2D eigenvalue weighted by Crippen LogP contribution is -2.45. The first kappa shape index (κ1) is 17.5. The van der Waals surface area contributed by atoms with E-state index in [-0.39, 0.29) is 12.4 Å². The minimum atomic E-state index is 0. The van der Waals surface area contributed by atoms with Crippen LogP contribution in [0.2, 0.25) is 0 Å². The zero-order valence-corrected chi connectivity index (χ0v) is 15.5. The van der Waals surface area contributed by atoms with Crippen LogP contribution < -0.4 is 5.32 Å². The van der Waals surface area contributed by atoms with Crippen LogP contribution in [0.4, 0.5) is 0 Å². The van der Waals surface area contributed by atoms with Gasteiger partial charge in [-0.25, -0.2) is 4.98 Å². The van der Waals surface area contributed by atoms with Crippen LogP contribution >= 0.6 is 35.1 Å². The second-order valence-electron chi connectivity index (χ2n) is 5.59. The van der Waals surface area contributed by atoms with Crippen molar-refractivity contribution in [2.45, 2.75) is 12.6 Å². The lowest BCUT2D eigenvalue weighted by molar-refractivity contribution is 0.152. The lowest BCUT2D eigenvalue weighted by atomic mass is 10.0. The molecule has 126 valence electrons. The van der Waals surface area contributed by atoms with Crippen LogP contribution in [-0.4, -0.2) is 34.5 Å². The summed E-state index contributed by atoms with van der Waals surface area (Å²) in [7, 11) is 0. The Labute approximate surface area is 156 Å². The van der Waals surface area contributed by atoms with E-state index in [2.05, 4.69) is 50.2 Å². The van der Waals surface area contributed by atoms with Crippen LogP contribution in [-0.2, 0) is 6.54 Å². The van der Waals surface area contributed by atoms with Gasteiger partial charge in [0.15, 0.2) is 0 Å². The third-order valence-corrected chi connectivity index (χ3v) is 6.02. The quantitative estimate of drug-likeness (QED) is 0.749. The third-order valence-electron chi connectivity index (χ3n) is 4.09. The van der Waals surface area contributed by atoms with Crippen molar-refractivity contribution in [3.05, 3.63) is 58.7 Å². The maximum atomic E-state index is 4.83. The van der Waals surface area contributed by atoms with E-state index in [1.165, 1.54) is 16.1 Å². The van der Waals surface area contributed by atoms with Gasteiger partial charge in [0.2, 0.25) is 0 Å². The van der Waals surface area contributed by atoms with Gasteiger partial charge in [0.25, 0.3) is 0 Å². The van der Waals surface area contributed by atoms with Crippen molar-refractivity contribution >= 4 is 35.1 Å². The molecule has 0 amide bonds. The largest absolute Gasteiger partial charge is 0.314 e. The lowest BCUT2D eigenvalue weighted by Gasteiger charge is -2.36. The van der Waals surface area contributed by atoms with E-state index in [4.69, 9.17) is 4.98 Å². The minimum absolute atomic E-state index is 0. The fraction of sp³-hybridized carbons (Fsp3) is 0.294. The number of thiazole rings is 1. The Bertz CT molecular complexity index is 745.